The van der Waals surface area contributed by atoms with Gasteiger partial charge < -0.3 is 0 Å². The van der Waals surface area contributed by atoms with E-state index in [9.17, 15) is 5.11 Å². The zero-order valence-electron chi connectivity index (χ0n) is 20.9. The molecular formula is C26H44O6Sn. The molecule has 2 fully saturated rings. The van der Waals surface area contributed by atoms with E-state index in [0.29, 0.717) is 6.61 Å². The van der Waals surface area contributed by atoms with E-state index in [2.05, 4.69) is 20.8 Å². The Labute approximate surface area is 204 Å². The molecule has 33 heavy (non-hydrogen) atoms. The van der Waals surface area contributed by atoms with E-state index in [4.69, 9.17) is 22.0 Å². The molecule has 1 aromatic rings. The summed E-state index contributed by atoms with van der Waals surface area (Å²) in [6.07, 6.45) is 3.74. The van der Waals surface area contributed by atoms with Crippen LogP contribution in [0.5, 0.6) is 0 Å². The maximum atomic E-state index is 11.5. The molecule has 0 amide bonds. The molecular weight excluding hydrogens is 527 g/mol. The van der Waals surface area contributed by atoms with Crippen LogP contribution in [0.25, 0.3) is 0 Å². The third-order valence-corrected chi connectivity index (χ3v) is 20.0. The van der Waals surface area contributed by atoms with Gasteiger partial charge in [-0.3, -0.25) is 0 Å². The Hall–Kier alpha value is -0.221. The predicted octanol–water partition coefficient (Wildman–Crippen LogP) is 5.56. The molecule has 2 heterocycles. The maximum absolute atomic E-state index is 11.5. The Morgan fingerprint density at radius 3 is 2.09 bits per heavy atom. The summed E-state index contributed by atoms with van der Waals surface area (Å²) < 4.78 is 34.8. The summed E-state index contributed by atoms with van der Waals surface area (Å²) in [5.74, 6) is 0. The number of ether oxygens (including phenoxy) is 4. The molecule has 0 unspecified atom stereocenters. The van der Waals surface area contributed by atoms with Gasteiger partial charge in [-0.1, -0.05) is 0 Å². The van der Waals surface area contributed by atoms with Gasteiger partial charge in [0.05, 0.1) is 0 Å². The second-order valence-corrected chi connectivity index (χ2v) is 21.2. The summed E-state index contributed by atoms with van der Waals surface area (Å²) in [7, 11) is 1.63. The fourth-order valence-electron chi connectivity index (χ4n) is 5.00. The zero-order valence-corrected chi connectivity index (χ0v) is 23.8. The number of methoxy groups -OCH3 is 1. The number of aliphatic hydroxyl groups excluding tert-OH is 1. The quantitative estimate of drug-likeness (QED) is 0.313. The van der Waals surface area contributed by atoms with Crippen molar-refractivity contribution in [3.05, 3.63) is 35.9 Å². The molecule has 3 rings (SSSR count). The van der Waals surface area contributed by atoms with E-state index in [1.807, 2.05) is 30.3 Å². The van der Waals surface area contributed by atoms with Crippen LogP contribution < -0.4 is 0 Å². The van der Waals surface area contributed by atoms with E-state index in [0.717, 1.165) is 5.56 Å². The summed E-state index contributed by atoms with van der Waals surface area (Å²) in [6, 6.07) is 9.86. The van der Waals surface area contributed by atoms with Crippen LogP contribution in [0.2, 0.25) is 13.3 Å². The third kappa shape index (κ3) is 7.15. The first-order valence-corrected chi connectivity index (χ1v) is 20.2. The number of benzene rings is 1. The van der Waals surface area contributed by atoms with Crippen LogP contribution >= 0.6 is 0 Å². The van der Waals surface area contributed by atoms with E-state index in [1.165, 1.54) is 51.8 Å². The molecule has 0 aromatic heterocycles. The van der Waals surface area contributed by atoms with Crippen LogP contribution in [-0.4, -0.2) is 68.3 Å². The van der Waals surface area contributed by atoms with Gasteiger partial charge in [0.15, 0.2) is 0 Å². The van der Waals surface area contributed by atoms with Crippen LogP contribution in [0.3, 0.4) is 0 Å². The molecule has 0 radical (unpaired) electrons. The minimum atomic E-state index is -3.01. The Balaban J connectivity index is 1.80. The van der Waals surface area contributed by atoms with Crippen molar-refractivity contribution in [3.8, 4) is 0 Å². The Bertz CT molecular complexity index is 652. The van der Waals surface area contributed by atoms with E-state index in [1.54, 1.807) is 7.11 Å². The Morgan fingerprint density at radius 2 is 1.55 bits per heavy atom. The molecule has 0 bridgehead atoms. The molecule has 7 heteroatoms. The molecule has 6 atom stereocenters. The van der Waals surface area contributed by atoms with Gasteiger partial charge >= 0.3 is 205 Å². The second-order valence-electron chi connectivity index (χ2n) is 9.52. The van der Waals surface area contributed by atoms with Gasteiger partial charge in [0.2, 0.25) is 0 Å². The van der Waals surface area contributed by atoms with E-state index >= 15 is 0 Å². The number of rotatable bonds is 13. The van der Waals surface area contributed by atoms with Gasteiger partial charge in [0.1, 0.15) is 0 Å². The van der Waals surface area contributed by atoms with Crippen molar-refractivity contribution in [3.63, 3.8) is 0 Å². The minimum absolute atomic E-state index is 0.351. The van der Waals surface area contributed by atoms with E-state index in [-0.39, 0.29) is 6.10 Å². The molecule has 0 aliphatic carbocycles. The van der Waals surface area contributed by atoms with Crippen molar-refractivity contribution >= 4 is 18.8 Å². The van der Waals surface area contributed by atoms with Crippen molar-refractivity contribution in [2.45, 2.75) is 110 Å². The SMILES string of the molecule is CCC[CH2][Sn]([CH2]CCC)([CH2]CCC)[O][C@H]1[C@H](OC)O[C@@H]2CO[C@@H](c3ccccc3)O[C@H]2[C@@H]1O. The van der Waals surface area contributed by atoms with Gasteiger partial charge in [-0.2, -0.15) is 0 Å². The first-order chi connectivity index (χ1) is 16.1. The Kier molecular flexibility index (Phi) is 11.4. The molecule has 2 aliphatic rings. The van der Waals surface area contributed by atoms with Crippen molar-refractivity contribution in [2.24, 2.45) is 0 Å². The molecule has 6 nitrogen and oxygen atoms in total. The molecule has 2 aliphatic heterocycles. The number of hydrogen-bond donors (Lipinski definition) is 1. The van der Waals surface area contributed by atoms with Crippen LogP contribution in [0.15, 0.2) is 30.3 Å². The summed E-state index contributed by atoms with van der Waals surface area (Å²) in [5, 5.41) is 11.5. The monoisotopic (exact) mass is 572 g/mol. The Morgan fingerprint density at radius 1 is 0.939 bits per heavy atom. The molecule has 0 saturated carbocycles. The summed E-state index contributed by atoms with van der Waals surface area (Å²) in [5.41, 5.74) is 0.942. The van der Waals surface area contributed by atoms with Gasteiger partial charge in [-0.25, -0.2) is 0 Å². The predicted molar refractivity (Wildman–Crippen MR) is 131 cm³/mol. The zero-order chi connectivity index (χ0) is 23.7. The number of hydrogen-bond acceptors (Lipinski definition) is 6. The van der Waals surface area contributed by atoms with E-state index < -0.39 is 49.7 Å². The molecule has 1 aromatic carbocycles. The van der Waals surface area contributed by atoms with Gasteiger partial charge in [-0.05, 0) is 0 Å². The molecule has 1 N–H and O–H groups in total. The first kappa shape index (κ1) is 27.4. The number of fused-ring (bicyclic) bond motifs is 1. The molecule has 0 spiro atoms. The van der Waals surface area contributed by atoms with Crippen molar-refractivity contribution in [2.75, 3.05) is 13.7 Å². The number of aliphatic hydroxyl groups is 1. The molecule has 2 saturated heterocycles. The number of unbranched alkanes of at least 4 members (excludes halogenated alkanes) is 3. The van der Waals surface area contributed by atoms with Gasteiger partial charge in [0, 0.05) is 0 Å². The third-order valence-electron chi connectivity index (χ3n) is 6.96. The second kappa shape index (κ2) is 13.8. The molecule has 188 valence electrons. The topological polar surface area (TPSA) is 66.4 Å². The summed E-state index contributed by atoms with van der Waals surface area (Å²) in [6.45, 7) is 7.09. The van der Waals surface area contributed by atoms with Crippen molar-refractivity contribution < 1.29 is 27.1 Å². The van der Waals surface area contributed by atoms with Crippen LogP contribution in [0.4, 0.5) is 0 Å². The average Bonchev–Trinajstić information content (AvgIpc) is 2.86. The first-order valence-electron chi connectivity index (χ1n) is 12.9. The normalized spacial score (nSPS) is 30.2. The summed E-state index contributed by atoms with van der Waals surface area (Å²) >= 11 is -3.01. The van der Waals surface area contributed by atoms with Crippen LogP contribution in [0.1, 0.15) is 71.1 Å². The van der Waals surface area contributed by atoms with Gasteiger partial charge in [-0.15, -0.1) is 0 Å². The summed E-state index contributed by atoms with van der Waals surface area (Å²) in [4.78, 5) is 0. The van der Waals surface area contributed by atoms with Crippen molar-refractivity contribution in [1.29, 1.82) is 0 Å². The van der Waals surface area contributed by atoms with Crippen molar-refractivity contribution in [1.82, 2.24) is 0 Å². The van der Waals surface area contributed by atoms with Crippen LogP contribution in [-0.2, 0) is 22.0 Å². The average molecular weight is 571 g/mol. The standard InChI is InChI=1S/C14H17O6.3C4H9.Sn/c1-17-14-11(16)10(15)12-9(19-14)7-18-13(20-12)8-5-3-2-4-6-8;3*1-3-4-2;/h2-6,9-15H,7H2,1H3;3*1,3-4H2,2H3;/q-1;;;;+1/t9-,10-,11-,12-,13-,14-;;;;/m1..../s1. The van der Waals surface area contributed by atoms with Crippen LogP contribution in [0, 0.1) is 0 Å². The van der Waals surface area contributed by atoms with Gasteiger partial charge in [0.25, 0.3) is 0 Å². The fraction of sp³-hybridized carbons (Fsp3) is 0.769. The fourth-order valence-corrected chi connectivity index (χ4v) is 19.1.